The standard InChI is InChI=1S/C18H23N3O4/c1-4-14(13-7-5-6-8-15(13)25-3)20-16(22)10-9-12-11(2)19-18(24)21-17(12)23/h5-8,14H,4,9-10H2,1-3H3,(H,20,22)(H2,19,21,23,24)/t14-/m1/s1. The van der Waals surface area contributed by atoms with Crippen molar-refractivity contribution in [2.45, 2.75) is 39.2 Å². The van der Waals surface area contributed by atoms with E-state index in [-0.39, 0.29) is 24.8 Å². The van der Waals surface area contributed by atoms with Crippen LogP contribution in [0.4, 0.5) is 0 Å². The number of hydrogen-bond acceptors (Lipinski definition) is 4. The lowest BCUT2D eigenvalue weighted by Crippen LogP contribution is -2.31. The number of rotatable bonds is 7. The second-order valence-electron chi connectivity index (χ2n) is 5.78. The number of H-pyrrole nitrogens is 2. The summed E-state index contributed by atoms with van der Waals surface area (Å²) in [7, 11) is 1.60. The first-order chi connectivity index (χ1) is 12.0. The maximum atomic E-state index is 12.3. The molecule has 0 saturated heterocycles. The zero-order valence-electron chi connectivity index (χ0n) is 14.6. The van der Waals surface area contributed by atoms with Crippen LogP contribution in [0.2, 0.25) is 0 Å². The van der Waals surface area contributed by atoms with Crippen LogP contribution in [0.15, 0.2) is 33.9 Å². The number of aryl methyl sites for hydroxylation is 1. The number of carbonyl (C=O) groups is 1. The van der Waals surface area contributed by atoms with Gasteiger partial charge < -0.3 is 15.0 Å². The summed E-state index contributed by atoms with van der Waals surface area (Å²) in [5.41, 5.74) is 0.820. The van der Waals surface area contributed by atoms with Crippen molar-refractivity contribution in [1.82, 2.24) is 15.3 Å². The highest BCUT2D eigenvalue weighted by molar-refractivity contribution is 5.76. The molecule has 0 unspecified atom stereocenters. The Morgan fingerprint density at radius 2 is 1.96 bits per heavy atom. The number of aromatic nitrogens is 2. The largest absolute Gasteiger partial charge is 0.496 e. The zero-order valence-corrected chi connectivity index (χ0v) is 14.6. The van der Waals surface area contributed by atoms with Crippen molar-refractivity contribution in [3.63, 3.8) is 0 Å². The minimum Gasteiger partial charge on any atom is -0.496 e. The maximum absolute atomic E-state index is 12.3. The Morgan fingerprint density at radius 3 is 2.60 bits per heavy atom. The van der Waals surface area contributed by atoms with Gasteiger partial charge in [-0.05, 0) is 25.8 Å². The number of benzene rings is 1. The summed E-state index contributed by atoms with van der Waals surface area (Å²) in [5, 5.41) is 2.98. The molecule has 1 amide bonds. The van der Waals surface area contributed by atoms with E-state index in [0.29, 0.717) is 17.7 Å². The van der Waals surface area contributed by atoms with E-state index in [1.165, 1.54) is 0 Å². The van der Waals surface area contributed by atoms with Crippen molar-refractivity contribution in [1.29, 1.82) is 0 Å². The fourth-order valence-corrected chi connectivity index (χ4v) is 2.79. The molecule has 0 aliphatic heterocycles. The van der Waals surface area contributed by atoms with Crippen LogP contribution in [0.1, 0.15) is 42.6 Å². The van der Waals surface area contributed by atoms with Gasteiger partial charge in [0.1, 0.15) is 5.75 Å². The molecule has 1 heterocycles. The van der Waals surface area contributed by atoms with Crippen LogP contribution in [-0.2, 0) is 11.2 Å². The average molecular weight is 345 g/mol. The number of carbonyl (C=O) groups excluding carboxylic acids is 1. The lowest BCUT2D eigenvalue weighted by Gasteiger charge is -2.20. The van der Waals surface area contributed by atoms with E-state index in [1.54, 1.807) is 14.0 Å². The third kappa shape index (κ3) is 4.59. The van der Waals surface area contributed by atoms with Gasteiger partial charge in [0, 0.05) is 23.2 Å². The lowest BCUT2D eigenvalue weighted by molar-refractivity contribution is -0.121. The summed E-state index contributed by atoms with van der Waals surface area (Å²) in [5.74, 6) is 0.560. The van der Waals surface area contributed by atoms with Gasteiger partial charge in [0.05, 0.1) is 13.2 Å². The molecule has 2 aromatic rings. The molecule has 0 fully saturated rings. The van der Waals surface area contributed by atoms with Crippen molar-refractivity contribution >= 4 is 5.91 Å². The smallest absolute Gasteiger partial charge is 0.325 e. The Hall–Kier alpha value is -2.83. The molecule has 7 heteroatoms. The highest BCUT2D eigenvalue weighted by Crippen LogP contribution is 2.26. The number of aromatic amines is 2. The summed E-state index contributed by atoms with van der Waals surface area (Å²) in [6.45, 7) is 3.63. The second-order valence-corrected chi connectivity index (χ2v) is 5.78. The minimum absolute atomic E-state index is 0.154. The molecule has 3 N–H and O–H groups in total. The second kappa shape index (κ2) is 8.32. The number of hydrogen-bond donors (Lipinski definition) is 3. The predicted octanol–water partition coefficient (Wildman–Crippen LogP) is 1.58. The van der Waals surface area contributed by atoms with Crippen molar-refractivity contribution in [3.8, 4) is 5.75 Å². The molecule has 1 aromatic heterocycles. The quantitative estimate of drug-likeness (QED) is 0.708. The third-order valence-corrected chi connectivity index (χ3v) is 4.11. The Bertz CT molecular complexity index is 854. The van der Waals surface area contributed by atoms with E-state index in [9.17, 15) is 14.4 Å². The Balaban J connectivity index is 2.06. The first-order valence-corrected chi connectivity index (χ1v) is 8.20. The summed E-state index contributed by atoms with van der Waals surface area (Å²) in [4.78, 5) is 40.1. The molecular weight excluding hydrogens is 322 g/mol. The van der Waals surface area contributed by atoms with Gasteiger partial charge in [0.25, 0.3) is 5.56 Å². The van der Waals surface area contributed by atoms with Crippen molar-refractivity contribution in [2.24, 2.45) is 0 Å². The van der Waals surface area contributed by atoms with Gasteiger partial charge in [0.15, 0.2) is 0 Å². The van der Waals surface area contributed by atoms with Crippen LogP contribution >= 0.6 is 0 Å². The van der Waals surface area contributed by atoms with Gasteiger partial charge in [-0.25, -0.2) is 4.79 Å². The molecule has 0 saturated carbocycles. The Kier molecular flexibility index (Phi) is 6.16. The SMILES string of the molecule is CC[C@@H](NC(=O)CCc1c(C)[nH]c(=O)[nH]c1=O)c1ccccc1OC. The molecule has 7 nitrogen and oxygen atoms in total. The van der Waals surface area contributed by atoms with Crippen molar-refractivity contribution in [2.75, 3.05) is 7.11 Å². The molecule has 0 aliphatic carbocycles. The normalized spacial score (nSPS) is 11.8. The average Bonchev–Trinajstić information content (AvgIpc) is 2.58. The van der Waals surface area contributed by atoms with Crippen LogP contribution in [0, 0.1) is 6.92 Å². The topological polar surface area (TPSA) is 104 Å². The highest BCUT2D eigenvalue weighted by atomic mass is 16.5. The van der Waals surface area contributed by atoms with E-state index in [1.807, 2.05) is 31.2 Å². The Labute approximate surface area is 145 Å². The number of ether oxygens (including phenoxy) is 1. The van der Waals surface area contributed by atoms with E-state index in [0.717, 1.165) is 11.3 Å². The molecule has 0 bridgehead atoms. The fourth-order valence-electron chi connectivity index (χ4n) is 2.79. The first-order valence-electron chi connectivity index (χ1n) is 8.20. The van der Waals surface area contributed by atoms with Gasteiger partial charge in [-0.1, -0.05) is 25.1 Å². The summed E-state index contributed by atoms with van der Waals surface area (Å²) < 4.78 is 5.35. The third-order valence-electron chi connectivity index (χ3n) is 4.11. The van der Waals surface area contributed by atoms with Gasteiger partial charge in [0.2, 0.25) is 5.91 Å². The lowest BCUT2D eigenvalue weighted by atomic mass is 10.0. The monoisotopic (exact) mass is 345 g/mol. The molecule has 0 spiro atoms. The van der Waals surface area contributed by atoms with Crippen LogP contribution < -0.4 is 21.3 Å². The summed E-state index contributed by atoms with van der Waals surface area (Å²) >= 11 is 0. The molecule has 2 rings (SSSR count). The van der Waals surface area contributed by atoms with Crippen LogP contribution in [0.25, 0.3) is 0 Å². The van der Waals surface area contributed by atoms with Gasteiger partial charge in [-0.2, -0.15) is 0 Å². The number of amides is 1. The first kappa shape index (κ1) is 18.5. The predicted molar refractivity (Wildman–Crippen MR) is 94.9 cm³/mol. The number of nitrogens with one attached hydrogen (secondary N) is 3. The highest BCUT2D eigenvalue weighted by Gasteiger charge is 2.17. The number of methoxy groups -OCH3 is 1. The molecule has 25 heavy (non-hydrogen) atoms. The van der Waals surface area contributed by atoms with E-state index in [2.05, 4.69) is 15.3 Å². The van der Waals surface area contributed by atoms with Crippen LogP contribution in [0.3, 0.4) is 0 Å². The van der Waals surface area contributed by atoms with E-state index in [4.69, 9.17) is 4.74 Å². The van der Waals surface area contributed by atoms with Crippen molar-refractivity contribution < 1.29 is 9.53 Å². The van der Waals surface area contributed by atoms with Gasteiger partial charge in [-0.3, -0.25) is 14.6 Å². The van der Waals surface area contributed by atoms with Crippen LogP contribution in [-0.4, -0.2) is 23.0 Å². The molecule has 1 aromatic carbocycles. The van der Waals surface area contributed by atoms with Gasteiger partial charge >= 0.3 is 5.69 Å². The molecule has 1 atom stereocenters. The number of para-hydroxylation sites is 1. The minimum atomic E-state index is -0.544. The van der Waals surface area contributed by atoms with Gasteiger partial charge in [-0.15, -0.1) is 0 Å². The van der Waals surface area contributed by atoms with Crippen LogP contribution in [0.5, 0.6) is 5.75 Å². The summed E-state index contributed by atoms with van der Waals surface area (Å²) in [6.07, 6.45) is 1.12. The van der Waals surface area contributed by atoms with Crippen molar-refractivity contribution in [3.05, 3.63) is 61.9 Å². The molecule has 134 valence electrons. The van der Waals surface area contributed by atoms with E-state index < -0.39 is 11.2 Å². The Morgan fingerprint density at radius 1 is 1.24 bits per heavy atom. The molecule has 0 radical (unpaired) electrons. The molecule has 0 aliphatic rings. The maximum Gasteiger partial charge on any atom is 0.325 e. The zero-order chi connectivity index (χ0) is 18.4. The fraction of sp³-hybridized carbons (Fsp3) is 0.389. The van der Waals surface area contributed by atoms with E-state index >= 15 is 0 Å². The summed E-state index contributed by atoms with van der Waals surface area (Å²) in [6, 6.07) is 7.38. The molecular formula is C18H23N3O4.